The largest absolute Gasteiger partial charge is 0.461 e. The molecule has 0 amide bonds. The highest BCUT2D eigenvalue weighted by Crippen LogP contribution is 2.35. The summed E-state index contributed by atoms with van der Waals surface area (Å²) in [4.78, 5) is 17.5. The number of ether oxygens (including phenoxy) is 1. The minimum Gasteiger partial charge on any atom is -0.461 e. The second-order valence-corrected chi connectivity index (χ2v) is 8.31. The lowest BCUT2D eigenvalue weighted by molar-refractivity contribution is -0.156. The van der Waals surface area contributed by atoms with Gasteiger partial charge in [0.25, 0.3) is 0 Å². The first kappa shape index (κ1) is 18.9. The van der Waals surface area contributed by atoms with Gasteiger partial charge in [0, 0.05) is 6.42 Å². The molecule has 0 spiro atoms. The van der Waals surface area contributed by atoms with Crippen LogP contribution >= 0.6 is 0 Å². The van der Waals surface area contributed by atoms with Crippen LogP contribution in [-0.2, 0) is 22.5 Å². The van der Waals surface area contributed by atoms with Gasteiger partial charge >= 0.3 is 5.97 Å². The van der Waals surface area contributed by atoms with Crippen LogP contribution < -0.4 is 0 Å². The maximum Gasteiger partial charge on any atom is 0.326 e. The molecule has 1 aliphatic carbocycles. The zero-order valence-electron chi connectivity index (χ0n) is 16.8. The fourth-order valence-electron chi connectivity index (χ4n) is 4.32. The summed E-state index contributed by atoms with van der Waals surface area (Å²) >= 11 is 0. The highest BCUT2D eigenvalue weighted by Gasteiger charge is 2.33. The molecule has 3 atom stereocenters. The topological polar surface area (TPSA) is 44.1 Å². The number of aromatic nitrogens is 2. The van der Waals surface area contributed by atoms with Gasteiger partial charge in [0.2, 0.25) is 0 Å². The average molecular weight is 357 g/mol. The van der Waals surface area contributed by atoms with Crippen molar-refractivity contribution in [2.45, 2.75) is 73.0 Å². The number of hydrogen-bond donors (Lipinski definition) is 0. The first-order chi connectivity index (χ1) is 12.4. The molecule has 0 unspecified atom stereocenters. The maximum absolute atomic E-state index is 12.8. The maximum atomic E-state index is 12.8. The third kappa shape index (κ3) is 3.94. The highest BCUT2D eigenvalue weighted by molar-refractivity contribution is 5.79. The first-order valence-electron chi connectivity index (χ1n) is 10.0. The SMILES string of the molecule is CCc1nc2cc(C)ccc2n1CC(=O)O[C@@H]1C[C@H](C)CC[C@H]1C(C)C. The normalized spacial score (nSPS) is 23.5. The Morgan fingerprint density at radius 2 is 2.12 bits per heavy atom. The van der Waals surface area contributed by atoms with Crippen LogP contribution in [0.2, 0.25) is 0 Å². The van der Waals surface area contributed by atoms with E-state index in [1.54, 1.807) is 0 Å². The van der Waals surface area contributed by atoms with Crippen LogP contribution in [0.25, 0.3) is 11.0 Å². The average Bonchev–Trinajstić information content (AvgIpc) is 2.91. The zero-order chi connectivity index (χ0) is 18.8. The van der Waals surface area contributed by atoms with Gasteiger partial charge in [-0.15, -0.1) is 0 Å². The molecule has 1 aliphatic rings. The van der Waals surface area contributed by atoms with Crippen molar-refractivity contribution in [2.75, 3.05) is 0 Å². The van der Waals surface area contributed by atoms with Gasteiger partial charge in [0.05, 0.1) is 11.0 Å². The second-order valence-electron chi connectivity index (χ2n) is 8.31. The summed E-state index contributed by atoms with van der Waals surface area (Å²) in [6.45, 7) is 11.1. The smallest absolute Gasteiger partial charge is 0.326 e. The Labute approximate surface area is 156 Å². The van der Waals surface area contributed by atoms with E-state index >= 15 is 0 Å². The number of benzene rings is 1. The molecule has 4 nitrogen and oxygen atoms in total. The van der Waals surface area contributed by atoms with Gasteiger partial charge in [0.15, 0.2) is 0 Å². The van der Waals surface area contributed by atoms with Crippen molar-refractivity contribution in [1.82, 2.24) is 9.55 Å². The molecule has 0 radical (unpaired) electrons. The number of aryl methyl sites for hydroxylation is 2. The van der Waals surface area contributed by atoms with E-state index in [1.165, 1.54) is 12.0 Å². The van der Waals surface area contributed by atoms with Crippen LogP contribution in [-0.4, -0.2) is 21.6 Å². The molecular weight excluding hydrogens is 324 g/mol. The minimum atomic E-state index is -0.135. The number of imidazole rings is 1. The lowest BCUT2D eigenvalue weighted by Crippen LogP contribution is -2.36. The lowest BCUT2D eigenvalue weighted by atomic mass is 9.75. The third-order valence-corrected chi connectivity index (χ3v) is 5.83. The summed E-state index contributed by atoms with van der Waals surface area (Å²) in [7, 11) is 0. The molecular formula is C22H32N2O2. The van der Waals surface area contributed by atoms with Gasteiger partial charge in [-0.25, -0.2) is 4.98 Å². The van der Waals surface area contributed by atoms with Crippen molar-refractivity contribution >= 4 is 17.0 Å². The number of nitrogens with zero attached hydrogens (tertiary/aromatic N) is 2. The minimum absolute atomic E-state index is 0.0494. The van der Waals surface area contributed by atoms with Crippen molar-refractivity contribution in [3.63, 3.8) is 0 Å². The van der Waals surface area contributed by atoms with Crippen molar-refractivity contribution in [2.24, 2.45) is 17.8 Å². The molecule has 4 heteroatoms. The molecule has 2 aromatic rings. The Bertz CT molecular complexity index is 778. The molecule has 0 aliphatic heterocycles. The summed E-state index contributed by atoms with van der Waals surface area (Å²) < 4.78 is 8.02. The van der Waals surface area contributed by atoms with Gasteiger partial charge in [0.1, 0.15) is 18.5 Å². The predicted molar refractivity (Wildman–Crippen MR) is 105 cm³/mol. The Hall–Kier alpha value is -1.84. The van der Waals surface area contributed by atoms with E-state index in [1.807, 2.05) is 4.57 Å². The van der Waals surface area contributed by atoms with Crippen LogP contribution in [0, 0.1) is 24.7 Å². The Kier molecular flexibility index (Phi) is 5.69. The quantitative estimate of drug-likeness (QED) is 0.715. The van der Waals surface area contributed by atoms with Gasteiger partial charge in [-0.1, -0.05) is 40.2 Å². The van der Waals surface area contributed by atoms with Gasteiger partial charge < -0.3 is 9.30 Å². The van der Waals surface area contributed by atoms with Crippen molar-refractivity contribution in [1.29, 1.82) is 0 Å². The van der Waals surface area contributed by atoms with Gasteiger partial charge in [-0.2, -0.15) is 0 Å². The number of carbonyl (C=O) groups is 1. The zero-order valence-corrected chi connectivity index (χ0v) is 16.8. The molecule has 26 heavy (non-hydrogen) atoms. The summed E-state index contributed by atoms with van der Waals surface area (Å²) in [6.07, 6.45) is 4.23. The molecule has 1 heterocycles. The summed E-state index contributed by atoms with van der Waals surface area (Å²) in [5, 5.41) is 0. The number of fused-ring (bicyclic) bond motifs is 1. The summed E-state index contributed by atoms with van der Waals surface area (Å²) in [6, 6.07) is 6.21. The molecule has 1 aromatic carbocycles. The van der Waals surface area contributed by atoms with Crippen LogP contribution in [0.3, 0.4) is 0 Å². The predicted octanol–water partition coefficient (Wildman–Crippen LogP) is 4.91. The molecule has 0 saturated heterocycles. The molecule has 0 N–H and O–H groups in total. The van der Waals surface area contributed by atoms with Crippen molar-refractivity contribution < 1.29 is 9.53 Å². The van der Waals surface area contributed by atoms with E-state index in [9.17, 15) is 4.79 Å². The first-order valence-corrected chi connectivity index (χ1v) is 10.0. The second kappa shape index (κ2) is 7.81. The number of rotatable bonds is 5. The molecule has 3 rings (SSSR count). The third-order valence-electron chi connectivity index (χ3n) is 5.83. The standard InChI is InChI=1S/C22H32N2O2/c1-6-21-23-18-11-15(4)8-10-19(18)24(21)13-22(25)26-20-12-16(5)7-9-17(20)14(2)3/h8,10-11,14,16-17,20H,6-7,9,12-13H2,1-5H3/t16-,17+,20-/m1/s1. The van der Waals surface area contributed by atoms with Crippen LogP contribution in [0.15, 0.2) is 18.2 Å². The Balaban J connectivity index is 1.78. The van der Waals surface area contributed by atoms with Crippen LogP contribution in [0.4, 0.5) is 0 Å². The fraction of sp³-hybridized carbons (Fsp3) is 0.636. The number of hydrogen-bond acceptors (Lipinski definition) is 3. The van der Waals surface area contributed by atoms with E-state index in [0.717, 1.165) is 36.1 Å². The van der Waals surface area contributed by atoms with Gasteiger partial charge in [-0.05, 0) is 55.2 Å². The Morgan fingerprint density at radius 1 is 1.35 bits per heavy atom. The monoisotopic (exact) mass is 356 g/mol. The molecule has 1 aromatic heterocycles. The molecule has 142 valence electrons. The molecule has 0 bridgehead atoms. The van der Waals surface area contributed by atoms with Crippen LogP contribution in [0.1, 0.15) is 58.3 Å². The van der Waals surface area contributed by atoms with E-state index in [0.29, 0.717) is 17.8 Å². The van der Waals surface area contributed by atoms with E-state index < -0.39 is 0 Å². The fourth-order valence-corrected chi connectivity index (χ4v) is 4.32. The highest BCUT2D eigenvalue weighted by atomic mass is 16.5. The van der Waals surface area contributed by atoms with E-state index in [4.69, 9.17) is 9.72 Å². The molecule has 1 saturated carbocycles. The van der Waals surface area contributed by atoms with E-state index in [2.05, 4.69) is 52.8 Å². The number of carbonyl (C=O) groups excluding carboxylic acids is 1. The van der Waals surface area contributed by atoms with Crippen molar-refractivity contribution in [3.8, 4) is 0 Å². The van der Waals surface area contributed by atoms with Gasteiger partial charge in [-0.3, -0.25) is 4.79 Å². The molecule has 1 fully saturated rings. The van der Waals surface area contributed by atoms with Crippen LogP contribution in [0.5, 0.6) is 0 Å². The summed E-state index contributed by atoms with van der Waals surface area (Å²) in [5.41, 5.74) is 3.16. The number of esters is 1. The summed E-state index contributed by atoms with van der Waals surface area (Å²) in [5.74, 6) is 2.46. The van der Waals surface area contributed by atoms with Crippen molar-refractivity contribution in [3.05, 3.63) is 29.6 Å². The van der Waals surface area contributed by atoms with E-state index in [-0.39, 0.29) is 18.6 Å². The Morgan fingerprint density at radius 3 is 2.81 bits per heavy atom. The lowest BCUT2D eigenvalue weighted by Gasteiger charge is -2.36.